The molecule has 2 fully saturated rings. The SMILES string of the molecule is O=C(Nc1cc(Br)ccn1)[C@H]1C[C@@H](N2CCSCC2)C1. The van der Waals surface area contributed by atoms with E-state index in [9.17, 15) is 4.79 Å². The highest BCUT2D eigenvalue weighted by Gasteiger charge is 2.38. The third kappa shape index (κ3) is 3.35. The number of nitrogens with zero attached hydrogens (tertiary/aromatic N) is 2. The minimum atomic E-state index is 0.109. The van der Waals surface area contributed by atoms with Crippen LogP contribution < -0.4 is 5.32 Å². The van der Waals surface area contributed by atoms with Crippen molar-refractivity contribution in [3.63, 3.8) is 0 Å². The number of pyridine rings is 1. The normalized spacial score (nSPS) is 26.9. The Morgan fingerprint density at radius 2 is 2.15 bits per heavy atom. The summed E-state index contributed by atoms with van der Waals surface area (Å²) in [6, 6.07) is 4.29. The Morgan fingerprint density at radius 1 is 1.40 bits per heavy atom. The molecule has 1 aromatic heterocycles. The molecule has 1 aromatic rings. The van der Waals surface area contributed by atoms with Gasteiger partial charge in [0.15, 0.2) is 0 Å². The van der Waals surface area contributed by atoms with Gasteiger partial charge in [-0.05, 0) is 25.0 Å². The van der Waals surface area contributed by atoms with Gasteiger partial charge in [0.1, 0.15) is 5.82 Å². The molecule has 1 aliphatic carbocycles. The fourth-order valence-electron chi connectivity index (χ4n) is 2.74. The van der Waals surface area contributed by atoms with Crippen LogP contribution in [0.1, 0.15) is 12.8 Å². The van der Waals surface area contributed by atoms with Crippen LogP contribution in [0.2, 0.25) is 0 Å². The molecule has 1 saturated heterocycles. The number of halogens is 1. The number of carbonyl (C=O) groups is 1. The molecule has 2 heterocycles. The summed E-state index contributed by atoms with van der Waals surface area (Å²) in [5.74, 6) is 3.35. The zero-order chi connectivity index (χ0) is 13.9. The van der Waals surface area contributed by atoms with E-state index in [0.29, 0.717) is 11.9 Å². The first-order valence-corrected chi connectivity index (χ1v) is 8.91. The van der Waals surface area contributed by atoms with Gasteiger partial charge in [0.2, 0.25) is 5.91 Å². The maximum absolute atomic E-state index is 12.1. The van der Waals surface area contributed by atoms with Gasteiger partial charge in [-0.1, -0.05) is 15.9 Å². The van der Waals surface area contributed by atoms with Gasteiger partial charge in [-0.3, -0.25) is 9.69 Å². The highest BCUT2D eigenvalue weighted by Crippen LogP contribution is 2.33. The molecule has 0 atom stereocenters. The summed E-state index contributed by atoms with van der Waals surface area (Å²) in [5, 5.41) is 2.91. The van der Waals surface area contributed by atoms with Gasteiger partial charge in [0, 0.05) is 47.2 Å². The van der Waals surface area contributed by atoms with Gasteiger partial charge >= 0.3 is 0 Å². The molecule has 1 aliphatic heterocycles. The molecule has 2 aliphatic rings. The number of aromatic nitrogens is 1. The summed E-state index contributed by atoms with van der Waals surface area (Å²) in [4.78, 5) is 18.8. The van der Waals surface area contributed by atoms with Gasteiger partial charge < -0.3 is 5.32 Å². The maximum atomic E-state index is 12.1. The van der Waals surface area contributed by atoms with E-state index in [1.807, 2.05) is 23.9 Å². The average molecular weight is 356 g/mol. The number of amides is 1. The van der Waals surface area contributed by atoms with E-state index in [-0.39, 0.29) is 11.8 Å². The molecule has 0 bridgehead atoms. The van der Waals surface area contributed by atoms with Gasteiger partial charge in [-0.15, -0.1) is 0 Å². The van der Waals surface area contributed by atoms with Crippen LogP contribution in [0.25, 0.3) is 0 Å². The van der Waals surface area contributed by atoms with Crippen molar-refractivity contribution in [2.24, 2.45) is 5.92 Å². The van der Waals surface area contributed by atoms with Crippen LogP contribution in [0.5, 0.6) is 0 Å². The number of carbonyl (C=O) groups excluding carboxylic acids is 1. The molecule has 6 heteroatoms. The Morgan fingerprint density at radius 3 is 2.85 bits per heavy atom. The first-order chi connectivity index (χ1) is 9.72. The van der Waals surface area contributed by atoms with E-state index in [0.717, 1.165) is 17.3 Å². The summed E-state index contributed by atoms with van der Waals surface area (Å²) >= 11 is 5.41. The van der Waals surface area contributed by atoms with Crippen molar-refractivity contribution in [2.75, 3.05) is 29.9 Å². The molecule has 0 aromatic carbocycles. The van der Waals surface area contributed by atoms with Crippen LogP contribution in [0, 0.1) is 5.92 Å². The Balaban J connectivity index is 1.48. The zero-order valence-electron chi connectivity index (χ0n) is 11.2. The Kier molecular flexibility index (Phi) is 4.63. The lowest BCUT2D eigenvalue weighted by molar-refractivity contribution is -0.124. The topological polar surface area (TPSA) is 45.2 Å². The summed E-state index contributed by atoms with van der Waals surface area (Å²) < 4.78 is 0.931. The number of nitrogens with one attached hydrogen (secondary N) is 1. The molecule has 0 spiro atoms. The molecule has 3 rings (SSSR count). The largest absolute Gasteiger partial charge is 0.310 e. The minimum absolute atomic E-state index is 0.109. The molecule has 108 valence electrons. The van der Waals surface area contributed by atoms with E-state index in [2.05, 4.69) is 31.1 Å². The maximum Gasteiger partial charge on any atom is 0.228 e. The third-order valence-corrected chi connectivity index (χ3v) is 5.46. The summed E-state index contributed by atoms with van der Waals surface area (Å²) in [5.41, 5.74) is 0. The van der Waals surface area contributed by atoms with Crippen LogP contribution in [-0.4, -0.2) is 46.4 Å². The number of anilines is 1. The molecule has 4 nitrogen and oxygen atoms in total. The molecule has 0 unspecified atom stereocenters. The predicted molar refractivity (Wildman–Crippen MR) is 86.0 cm³/mol. The van der Waals surface area contributed by atoms with Crippen LogP contribution >= 0.6 is 27.7 Å². The van der Waals surface area contributed by atoms with Crippen LogP contribution in [-0.2, 0) is 4.79 Å². The third-order valence-electron chi connectivity index (χ3n) is 4.02. The van der Waals surface area contributed by atoms with Crippen LogP contribution in [0.15, 0.2) is 22.8 Å². The summed E-state index contributed by atoms with van der Waals surface area (Å²) in [6.45, 7) is 2.35. The molecule has 1 N–H and O–H groups in total. The number of thioether (sulfide) groups is 1. The molecular weight excluding hydrogens is 338 g/mol. The Hall–Kier alpha value is -0.590. The highest BCUT2D eigenvalue weighted by molar-refractivity contribution is 9.10. The van der Waals surface area contributed by atoms with E-state index >= 15 is 0 Å². The van der Waals surface area contributed by atoms with E-state index in [1.54, 1.807) is 6.20 Å². The average Bonchev–Trinajstić information content (AvgIpc) is 2.38. The molecule has 0 radical (unpaired) electrons. The second-order valence-electron chi connectivity index (χ2n) is 5.32. The summed E-state index contributed by atoms with van der Waals surface area (Å²) in [6.07, 6.45) is 3.67. The van der Waals surface area contributed by atoms with Gasteiger partial charge in [0.25, 0.3) is 0 Å². The van der Waals surface area contributed by atoms with E-state index < -0.39 is 0 Å². The van der Waals surface area contributed by atoms with E-state index in [4.69, 9.17) is 0 Å². The monoisotopic (exact) mass is 355 g/mol. The molecule has 1 amide bonds. The van der Waals surface area contributed by atoms with Crippen molar-refractivity contribution in [3.8, 4) is 0 Å². The second kappa shape index (κ2) is 6.45. The standard InChI is InChI=1S/C14H18BrN3OS/c15-11-1-2-16-13(9-11)17-14(19)10-7-12(8-10)18-3-5-20-6-4-18/h1-2,9-10,12H,3-8H2,(H,16,17,19)/t10-,12+. The molecule has 20 heavy (non-hydrogen) atoms. The van der Waals surface area contributed by atoms with Crippen molar-refractivity contribution in [1.29, 1.82) is 0 Å². The summed E-state index contributed by atoms with van der Waals surface area (Å²) in [7, 11) is 0. The van der Waals surface area contributed by atoms with Crippen LogP contribution in [0.4, 0.5) is 5.82 Å². The lowest BCUT2D eigenvalue weighted by Crippen LogP contribution is -2.50. The quantitative estimate of drug-likeness (QED) is 0.904. The smallest absolute Gasteiger partial charge is 0.228 e. The van der Waals surface area contributed by atoms with Crippen LogP contribution in [0.3, 0.4) is 0 Å². The molecular formula is C14H18BrN3OS. The lowest BCUT2D eigenvalue weighted by Gasteiger charge is -2.43. The van der Waals surface area contributed by atoms with E-state index in [1.165, 1.54) is 24.6 Å². The number of hydrogen-bond acceptors (Lipinski definition) is 4. The van der Waals surface area contributed by atoms with Crippen molar-refractivity contribution < 1.29 is 4.79 Å². The molecule has 1 saturated carbocycles. The lowest BCUT2D eigenvalue weighted by atomic mass is 9.78. The minimum Gasteiger partial charge on any atom is -0.310 e. The fraction of sp³-hybridized carbons (Fsp3) is 0.571. The van der Waals surface area contributed by atoms with Crippen molar-refractivity contribution in [3.05, 3.63) is 22.8 Å². The van der Waals surface area contributed by atoms with Crippen molar-refractivity contribution >= 4 is 39.4 Å². The van der Waals surface area contributed by atoms with Gasteiger partial charge in [-0.25, -0.2) is 4.98 Å². The fourth-order valence-corrected chi connectivity index (χ4v) is 4.01. The Bertz CT molecular complexity index is 487. The van der Waals surface area contributed by atoms with Crippen molar-refractivity contribution in [1.82, 2.24) is 9.88 Å². The van der Waals surface area contributed by atoms with Gasteiger partial charge in [-0.2, -0.15) is 11.8 Å². The Labute approximate surface area is 131 Å². The van der Waals surface area contributed by atoms with Gasteiger partial charge in [0.05, 0.1) is 0 Å². The second-order valence-corrected chi connectivity index (χ2v) is 7.46. The number of hydrogen-bond donors (Lipinski definition) is 1. The highest BCUT2D eigenvalue weighted by atomic mass is 79.9. The first-order valence-electron chi connectivity index (χ1n) is 6.96. The zero-order valence-corrected chi connectivity index (χ0v) is 13.6. The first kappa shape index (κ1) is 14.4. The predicted octanol–water partition coefficient (Wildman–Crippen LogP) is 2.61. The number of rotatable bonds is 3. The van der Waals surface area contributed by atoms with Crippen molar-refractivity contribution in [2.45, 2.75) is 18.9 Å².